The summed E-state index contributed by atoms with van der Waals surface area (Å²) in [6, 6.07) is 111. The fourth-order valence-corrected chi connectivity index (χ4v) is 21.5. The van der Waals surface area contributed by atoms with Crippen molar-refractivity contribution in [2.75, 3.05) is 0 Å². The van der Waals surface area contributed by atoms with Gasteiger partial charge >= 0.3 is 18.0 Å². The molecule has 0 radical (unpaired) electrons. The summed E-state index contributed by atoms with van der Waals surface area (Å²) in [5, 5.41) is 20.8. The molecule has 0 fully saturated rings. The third-order valence-corrected chi connectivity index (χ3v) is 27.3. The maximum absolute atomic E-state index is 5.91. The van der Waals surface area contributed by atoms with Gasteiger partial charge in [0, 0.05) is 13.8 Å². The summed E-state index contributed by atoms with van der Waals surface area (Å²) in [6.07, 6.45) is 0. The van der Waals surface area contributed by atoms with Gasteiger partial charge in [-0.15, -0.1) is 0 Å². The van der Waals surface area contributed by atoms with Gasteiger partial charge in [-0.1, -0.05) is 224 Å². The summed E-state index contributed by atoms with van der Waals surface area (Å²) >= 11 is 3.37. The molecule has 0 spiro atoms. The van der Waals surface area contributed by atoms with Crippen molar-refractivity contribution in [2.45, 2.75) is 48.5 Å². The highest BCUT2D eigenvalue weighted by Crippen LogP contribution is 2.41. The first-order valence-corrected chi connectivity index (χ1v) is 48.3. The van der Waals surface area contributed by atoms with E-state index in [0.29, 0.717) is 70.8 Å². The molecule has 0 N–H and O–H groups in total. The Morgan fingerprint density at radius 3 is 0.757 bits per heavy atom. The number of thiazole rings is 2. The zero-order valence-electron chi connectivity index (χ0n) is 77.5. The summed E-state index contributed by atoms with van der Waals surface area (Å²) in [5.74, 6) is 7.33. The van der Waals surface area contributed by atoms with Gasteiger partial charge in [-0.05, 0) is 187 Å². The van der Waals surface area contributed by atoms with E-state index in [-0.39, 0.29) is 0 Å². The van der Waals surface area contributed by atoms with Crippen LogP contribution in [-0.2, 0) is 0 Å². The average Bonchev–Trinajstić information content (AvgIpc) is 1.55. The molecule has 19 aromatic heterocycles. The predicted molar refractivity (Wildman–Crippen MR) is 558 cm³/mol. The highest BCUT2D eigenvalue weighted by Gasteiger charge is 2.30. The lowest BCUT2D eigenvalue weighted by Crippen LogP contribution is -1.99. The SMILES string of the molecule is CC.CC.Cc1nc(-c2cccc3c2nc2sc4ccccc4n23)no1.Cc1nc(-c2cccc3c2nc2sc4ccccc4n23)no1.Cc1noc(-n2c3ccccc3n3c4ccccc4nc23)n1.c1ccc2c(c1)nc1n(-c3noc(-n4c5ccccc5n5c6ccccc6nc45)n3)c3ccccc3n21.c1ccc2c(c1)nc1n(-c3noc(-n4c5ccccc5n5c6ccccc6nc45)n3)c3ccccc3n21. The van der Waals surface area contributed by atoms with Crippen molar-refractivity contribution in [1.29, 1.82) is 0 Å². The number of nitrogens with zero attached hydrogens (tertiary/aromatic N) is 29. The Labute approximate surface area is 817 Å². The molecule has 0 bridgehead atoms. The lowest BCUT2D eigenvalue weighted by molar-refractivity contribution is 0.394. The lowest BCUT2D eigenvalue weighted by Gasteiger charge is -1.98. The number of hydrogen-bond acceptors (Lipinski definition) is 24. The average molecular weight is 1920 g/mol. The Morgan fingerprint density at radius 1 is 0.201 bits per heavy atom. The van der Waals surface area contributed by atoms with Crippen LogP contribution in [0.25, 0.3) is 244 Å². The van der Waals surface area contributed by atoms with Crippen LogP contribution >= 0.6 is 22.7 Å². The fraction of sp³-hybridized carbons (Fsp3) is 0.0648. The normalized spacial score (nSPS) is 11.9. The molecule has 34 nitrogen and oxygen atoms in total. The molecule has 694 valence electrons. The van der Waals surface area contributed by atoms with Gasteiger partial charge in [-0.2, -0.15) is 24.9 Å². The molecule has 0 aliphatic rings. The van der Waals surface area contributed by atoms with Gasteiger partial charge in [-0.3, -0.25) is 30.8 Å². The molecule has 0 unspecified atom stereocenters. The number of aryl methyl sites for hydroxylation is 3. The quantitative estimate of drug-likeness (QED) is 0.143. The van der Waals surface area contributed by atoms with E-state index in [1.54, 1.807) is 43.4 Å². The standard InChI is InChI=1S/2C28H16N8O.C16H11N5O.2C16H10N4OS.2C2H6/c2*1-3-11-19-17(9-1)29-26-33(19)21-13-5-7-15-23(21)35(26)25-31-28(37-32-25)36-24-16-8-6-14-22(24)34-20-12-4-2-10-18(20)30-27(34)36;1-10-17-16(22-19-10)21-14-9-5-4-8-13(14)20-12-7-3-2-6-11(12)18-15(20)21;2*1-9-17-15(19-21-9)10-5-4-7-12-14(10)18-16-20(12)11-6-2-3-8-13(11)22-16;2*1-2/h2*1-16H;2-9H,1H3;2*2-8H,1H3;2*1-2H3. The second-order valence-electron chi connectivity index (χ2n) is 33.4. The number of benzene rings is 14. The van der Waals surface area contributed by atoms with Crippen LogP contribution in [-0.4, -0.2) is 139 Å². The smallest absolute Gasteiger partial charge is 0.337 e. The van der Waals surface area contributed by atoms with Crippen molar-refractivity contribution in [3.05, 3.63) is 345 Å². The molecular formula is C108H75N29O5S2. The molecule has 14 aromatic carbocycles. The lowest BCUT2D eigenvalue weighted by atomic mass is 10.1. The topological polar surface area (TPSA) is 340 Å². The summed E-state index contributed by atoms with van der Waals surface area (Å²) < 4.78 is 54.4. The number of para-hydroxylation sites is 24. The Kier molecular flexibility index (Phi) is 19.5. The summed E-state index contributed by atoms with van der Waals surface area (Å²) in [6.45, 7) is 13.4. The van der Waals surface area contributed by atoms with Crippen LogP contribution in [0.4, 0.5) is 0 Å². The highest BCUT2D eigenvalue weighted by atomic mass is 32.1. The molecule has 0 saturated carbocycles. The summed E-state index contributed by atoms with van der Waals surface area (Å²) in [7, 11) is 0. The molecule has 144 heavy (non-hydrogen) atoms. The fourth-order valence-electron chi connectivity index (χ4n) is 19.5. The molecule has 0 atom stereocenters. The van der Waals surface area contributed by atoms with Crippen LogP contribution in [0.3, 0.4) is 0 Å². The first-order chi connectivity index (χ1) is 71.2. The molecule has 33 aromatic rings. The van der Waals surface area contributed by atoms with Crippen LogP contribution in [0.2, 0.25) is 0 Å². The molecule has 0 aliphatic heterocycles. The van der Waals surface area contributed by atoms with E-state index in [0.717, 1.165) is 171 Å². The predicted octanol–water partition coefficient (Wildman–Crippen LogP) is 24.4. The monoisotopic (exact) mass is 1920 g/mol. The van der Waals surface area contributed by atoms with E-state index in [2.05, 4.69) is 169 Å². The van der Waals surface area contributed by atoms with E-state index in [1.807, 2.05) is 281 Å². The van der Waals surface area contributed by atoms with Gasteiger partial charge in [0.05, 0.1) is 153 Å². The van der Waals surface area contributed by atoms with E-state index in [1.165, 1.54) is 20.4 Å². The van der Waals surface area contributed by atoms with Crippen molar-refractivity contribution < 1.29 is 22.6 Å². The van der Waals surface area contributed by atoms with Gasteiger partial charge in [0.25, 0.3) is 11.9 Å². The van der Waals surface area contributed by atoms with Gasteiger partial charge in [0.15, 0.2) is 15.7 Å². The van der Waals surface area contributed by atoms with Crippen LogP contribution in [0.1, 0.15) is 45.3 Å². The Morgan fingerprint density at radius 2 is 0.458 bits per heavy atom. The van der Waals surface area contributed by atoms with Crippen molar-refractivity contribution in [2.24, 2.45) is 0 Å². The van der Waals surface area contributed by atoms with E-state index in [4.69, 9.17) is 67.5 Å². The van der Waals surface area contributed by atoms with Crippen LogP contribution in [0, 0.1) is 20.8 Å². The van der Waals surface area contributed by atoms with Crippen LogP contribution < -0.4 is 0 Å². The van der Waals surface area contributed by atoms with Crippen LogP contribution in [0.15, 0.2) is 350 Å². The zero-order chi connectivity index (χ0) is 96.2. The first-order valence-electron chi connectivity index (χ1n) is 46.7. The molecule has 0 amide bonds. The largest absolute Gasteiger partial charge is 0.339 e. The number of aromatic nitrogens is 29. The van der Waals surface area contributed by atoms with E-state index < -0.39 is 0 Å². The Hall–Kier alpha value is -19.5. The minimum absolute atomic E-state index is 0.337. The van der Waals surface area contributed by atoms with Crippen molar-refractivity contribution in [3.8, 4) is 52.7 Å². The molecular weight excluding hydrogens is 1850 g/mol. The van der Waals surface area contributed by atoms with Crippen molar-refractivity contribution in [1.82, 2.24) is 139 Å². The van der Waals surface area contributed by atoms with Gasteiger partial charge in [-0.25, -0.2) is 57.7 Å². The minimum Gasteiger partial charge on any atom is -0.339 e. The third-order valence-electron chi connectivity index (χ3n) is 25.3. The number of hydrogen-bond donors (Lipinski definition) is 0. The molecule has 19 heterocycles. The molecule has 36 heteroatoms. The number of rotatable bonds is 7. The van der Waals surface area contributed by atoms with Gasteiger partial charge in [0.2, 0.25) is 52.3 Å². The van der Waals surface area contributed by atoms with Crippen LogP contribution in [0.5, 0.6) is 0 Å². The molecule has 0 aliphatic carbocycles. The second kappa shape index (κ2) is 33.4. The van der Waals surface area contributed by atoms with Gasteiger partial charge < -0.3 is 22.6 Å². The van der Waals surface area contributed by atoms with Crippen molar-refractivity contribution in [3.63, 3.8) is 0 Å². The Balaban J connectivity index is 0.0000000907. The molecule has 33 rings (SSSR count). The van der Waals surface area contributed by atoms with E-state index in [9.17, 15) is 0 Å². The maximum Gasteiger partial charge on any atom is 0.337 e. The zero-order valence-corrected chi connectivity index (χ0v) is 79.1. The highest BCUT2D eigenvalue weighted by molar-refractivity contribution is 7.24. The maximum atomic E-state index is 5.91. The van der Waals surface area contributed by atoms with E-state index >= 15 is 0 Å². The first kappa shape index (κ1) is 83.8. The number of imidazole rings is 12. The minimum atomic E-state index is 0.337. The Bertz CT molecular complexity index is 10000. The molecule has 0 saturated heterocycles. The second-order valence-corrected chi connectivity index (χ2v) is 35.4. The third kappa shape index (κ3) is 13.0. The summed E-state index contributed by atoms with van der Waals surface area (Å²) in [5.41, 5.74) is 27.6. The van der Waals surface area contributed by atoms with Crippen molar-refractivity contribution >= 4 is 214 Å². The number of fused-ring (bicyclic) bond motifs is 35. The summed E-state index contributed by atoms with van der Waals surface area (Å²) in [4.78, 5) is 58.7. The van der Waals surface area contributed by atoms with Gasteiger partial charge in [0.1, 0.15) is 11.0 Å².